The van der Waals surface area contributed by atoms with Gasteiger partial charge in [0, 0.05) is 18.1 Å². The van der Waals surface area contributed by atoms with Crippen molar-refractivity contribution in [1.82, 2.24) is 10.2 Å². The lowest BCUT2D eigenvalue weighted by molar-refractivity contribution is 0.0570. The molecule has 1 aliphatic rings. The van der Waals surface area contributed by atoms with Crippen molar-refractivity contribution in [2.24, 2.45) is 0 Å². The minimum Gasteiger partial charge on any atom is -0.315 e. The van der Waals surface area contributed by atoms with Crippen molar-refractivity contribution < 1.29 is 0 Å². The van der Waals surface area contributed by atoms with Gasteiger partial charge in [0.2, 0.25) is 0 Å². The summed E-state index contributed by atoms with van der Waals surface area (Å²) in [4.78, 5) is 2.50. The van der Waals surface area contributed by atoms with Gasteiger partial charge in [-0.1, -0.05) is 6.08 Å². The summed E-state index contributed by atoms with van der Waals surface area (Å²) in [5.41, 5.74) is 0.265. The molecule has 0 bridgehead atoms. The Balaban J connectivity index is 2.68. The number of likely N-dealkylation sites (N-methyl/N-ethyl adjacent to an activating group) is 1. The molecule has 0 aliphatic carbocycles. The van der Waals surface area contributed by atoms with Crippen LogP contribution in [0, 0.1) is 0 Å². The monoisotopic (exact) mass is 182 g/mol. The van der Waals surface area contributed by atoms with Crippen LogP contribution in [0.5, 0.6) is 0 Å². The molecule has 0 aromatic carbocycles. The Bertz CT molecular complexity index is 175. The van der Waals surface area contributed by atoms with Gasteiger partial charge < -0.3 is 5.32 Å². The first-order valence-corrected chi connectivity index (χ1v) is 5.16. The Hall–Kier alpha value is -0.340. The summed E-state index contributed by atoms with van der Waals surface area (Å²) in [6.45, 7) is 10.7. The molecule has 76 valence electrons. The lowest BCUT2D eigenvalue weighted by Gasteiger charge is -2.47. The molecule has 1 heterocycles. The van der Waals surface area contributed by atoms with E-state index in [1.54, 1.807) is 0 Å². The van der Waals surface area contributed by atoms with Crippen molar-refractivity contribution in [3.63, 3.8) is 0 Å². The highest BCUT2D eigenvalue weighted by Crippen LogP contribution is 2.27. The average molecular weight is 182 g/mol. The first-order chi connectivity index (χ1) is 6.12. The zero-order valence-electron chi connectivity index (χ0n) is 9.14. The summed E-state index contributed by atoms with van der Waals surface area (Å²) < 4.78 is 0. The lowest BCUT2D eigenvalue weighted by Crippen LogP contribution is -2.60. The van der Waals surface area contributed by atoms with E-state index in [0.29, 0.717) is 6.04 Å². The molecule has 0 radical (unpaired) electrons. The molecule has 1 aliphatic heterocycles. The summed E-state index contributed by atoms with van der Waals surface area (Å²) in [5.74, 6) is 0. The van der Waals surface area contributed by atoms with Crippen LogP contribution in [0.15, 0.2) is 12.7 Å². The van der Waals surface area contributed by atoms with Gasteiger partial charge in [-0.25, -0.2) is 0 Å². The van der Waals surface area contributed by atoms with Crippen LogP contribution in [0.25, 0.3) is 0 Å². The third-order valence-electron chi connectivity index (χ3n) is 3.29. The fourth-order valence-corrected chi connectivity index (χ4v) is 2.33. The van der Waals surface area contributed by atoms with Crippen molar-refractivity contribution >= 4 is 0 Å². The second-order valence-corrected chi connectivity index (χ2v) is 4.37. The Kier molecular flexibility index (Phi) is 3.51. The minimum atomic E-state index is 0.265. The van der Waals surface area contributed by atoms with Crippen LogP contribution in [0.2, 0.25) is 0 Å². The molecule has 1 atom stereocenters. The number of rotatable bonds is 3. The molecule has 1 unspecified atom stereocenters. The molecule has 1 saturated heterocycles. The zero-order valence-corrected chi connectivity index (χ0v) is 9.14. The fourth-order valence-electron chi connectivity index (χ4n) is 2.33. The van der Waals surface area contributed by atoms with Crippen LogP contribution in [-0.4, -0.2) is 36.6 Å². The molecule has 1 fully saturated rings. The summed E-state index contributed by atoms with van der Waals surface area (Å²) in [5, 5.41) is 3.41. The molecule has 2 heteroatoms. The van der Waals surface area contributed by atoms with E-state index in [-0.39, 0.29) is 5.54 Å². The first kappa shape index (κ1) is 10.7. The van der Waals surface area contributed by atoms with E-state index in [1.165, 1.54) is 19.4 Å². The zero-order chi connectivity index (χ0) is 9.90. The number of hydrogen-bond acceptors (Lipinski definition) is 2. The second kappa shape index (κ2) is 4.25. The Morgan fingerprint density at radius 2 is 2.31 bits per heavy atom. The van der Waals surface area contributed by atoms with Crippen LogP contribution in [0.4, 0.5) is 0 Å². The van der Waals surface area contributed by atoms with Gasteiger partial charge in [-0.3, -0.25) is 4.90 Å². The summed E-state index contributed by atoms with van der Waals surface area (Å²) in [6.07, 6.45) is 4.58. The molecule has 0 aromatic rings. The van der Waals surface area contributed by atoms with E-state index >= 15 is 0 Å². The van der Waals surface area contributed by atoms with Gasteiger partial charge >= 0.3 is 0 Å². The highest BCUT2D eigenvalue weighted by atomic mass is 15.2. The van der Waals surface area contributed by atoms with Gasteiger partial charge in [-0.2, -0.15) is 0 Å². The third kappa shape index (κ3) is 2.12. The first-order valence-electron chi connectivity index (χ1n) is 5.16. The van der Waals surface area contributed by atoms with Crippen molar-refractivity contribution in [2.45, 2.75) is 38.3 Å². The van der Waals surface area contributed by atoms with Crippen molar-refractivity contribution in [3.8, 4) is 0 Å². The minimum absolute atomic E-state index is 0.265. The SMILES string of the molecule is C=CCN1CCCC(NC)C1(C)C. The van der Waals surface area contributed by atoms with Crippen molar-refractivity contribution in [3.05, 3.63) is 12.7 Å². The Labute approximate surface area is 82.0 Å². The van der Waals surface area contributed by atoms with Gasteiger partial charge in [-0.05, 0) is 40.3 Å². The largest absolute Gasteiger partial charge is 0.315 e. The normalized spacial score (nSPS) is 28.7. The maximum absolute atomic E-state index is 3.81. The number of nitrogens with one attached hydrogen (secondary N) is 1. The van der Waals surface area contributed by atoms with Crippen molar-refractivity contribution in [1.29, 1.82) is 0 Å². The summed E-state index contributed by atoms with van der Waals surface area (Å²) >= 11 is 0. The highest BCUT2D eigenvalue weighted by molar-refractivity contribution is 4.98. The molecule has 0 amide bonds. The number of piperidine rings is 1. The number of likely N-dealkylation sites (tertiary alicyclic amines) is 1. The maximum Gasteiger partial charge on any atom is 0.0309 e. The van der Waals surface area contributed by atoms with Crippen LogP contribution in [-0.2, 0) is 0 Å². The Morgan fingerprint density at radius 1 is 1.62 bits per heavy atom. The van der Waals surface area contributed by atoms with Gasteiger partial charge in [0.1, 0.15) is 0 Å². The molecule has 1 N–H and O–H groups in total. The lowest BCUT2D eigenvalue weighted by atomic mass is 9.85. The predicted molar refractivity (Wildman–Crippen MR) is 57.9 cm³/mol. The van der Waals surface area contributed by atoms with Crippen LogP contribution >= 0.6 is 0 Å². The summed E-state index contributed by atoms with van der Waals surface area (Å²) in [7, 11) is 2.06. The van der Waals surface area contributed by atoms with E-state index in [2.05, 4.69) is 37.7 Å². The topological polar surface area (TPSA) is 15.3 Å². The average Bonchev–Trinajstić information content (AvgIpc) is 2.08. The van der Waals surface area contributed by atoms with Crippen LogP contribution in [0.3, 0.4) is 0 Å². The van der Waals surface area contributed by atoms with Gasteiger partial charge in [0.15, 0.2) is 0 Å². The standard InChI is InChI=1S/C11H22N2/c1-5-8-13-9-6-7-10(12-4)11(13,2)3/h5,10,12H,1,6-9H2,2-4H3. The summed E-state index contributed by atoms with van der Waals surface area (Å²) in [6, 6.07) is 0.612. The van der Waals surface area contributed by atoms with Crippen molar-refractivity contribution in [2.75, 3.05) is 20.1 Å². The molecule has 0 aromatic heterocycles. The van der Waals surface area contributed by atoms with Crippen LogP contribution in [0.1, 0.15) is 26.7 Å². The fraction of sp³-hybridized carbons (Fsp3) is 0.818. The number of nitrogens with zero attached hydrogens (tertiary/aromatic N) is 1. The molecule has 0 spiro atoms. The smallest absolute Gasteiger partial charge is 0.0309 e. The predicted octanol–water partition coefficient (Wildman–Crippen LogP) is 1.63. The van der Waals surface area contributed by atoms with E-state index in [0.717, 1.165) is 6.54 Å². The molecular formula is C11H22N2. The van der Waals surface area contributed by atoms with Gasteiger partial charge in [-0.15, -0.1) is 6.58 Å². The second-order valence-electron chi connectivity index (χ2n) is 4.37. The number of hydrogen-bond donors (Lipinski definition) is 1. The molecule has 0 saturated carbocycles. The molecule has 1 rings (SSSR count). The Morgan fingerprint density at radius 3 is 2.85 bits per heavy atom. The van der Waals surface area contributed by atoms with E-state index in [9.17, 15) is 0 Å². The van der Waals surface area contributed by atoms with Gasteiger partial charge in [0.25, 0.3) is 0 Å². The quantitative estimate of drug-likeness (QED) is 0.667. The maximum atomic E-state index is 3.81. The highest BCUT2D eigenvalue weighted by Gasteiger charge is 2.36. The van der Waals surface area contributed by atoms with E-state index in [1.807, 2.05) is 6.08 Å². The van der Waals surface area contributed by atoms with E-state index < -0.39 is 0 Å². The van der Waals surface area contributed by atoms with Crippen LogP contribution < -0.4 is 5.32 Å². The molecular weight excluding hydrogens is 160 g/mol. The van der Waals surface area contributed by atoms with E-state index in [4.69, 9.17) is 0 Å². The molecule has 13 heavy (non-hydrogen) atoms. The van der Waals surface area contributed by atoms with Gasteiger partial charge in [0.05, 0.1) is 0 Å². The molecule has 2 nitrogen and oxygen atoms in total. The third-order valence-corrected chi connectivity index (χ3v) is 3.29.